The number of hydrogen-bond donors (Lipinski definition) is 1. The molecule has 0 aromatic heterocycles. The maximum atomic E-state index is 11.7. The predicted molar refractivity (Wildman–Crippen MR) is 69.3 cm³/mol. The highest BCUT2D eigenvalue weighted by atomic mass is 16.6. The predicted octanol–water partition coefficient (Wildman–Crippen LogP) is 1.91. The molecule has 0 heterocycles. The van der Waals surface area contributed by atoms with E-state index in [-0.39, 0.29) is 12.7 Å². The zero-order valence-electron chi connectivity index (χ0n) is 10.8. The highest BCUT2D eigenvalue weighted by molar-refractivity contribution is 5.91. The Hall–Kier alpha value is -1.88. The molecule has 0 radical (unpaired) electrons. The molecule has 98 valence electrons. The second kappa shape index (κ2) is 6.16. The lowest BCUT2D eigenvalue weighted by Crippen LogP contribution is -2.23. The second-order valence-corrected chi connectivity index (χ2v) is 4.65. The Kier molecular flexibility index (Phi) is 4.85. The second-order valence-electron chi connectivity index (χ2n) is 4.65. The van der Waals surface area contributed by atoms with Gasteiger partial charge < -0.3 is 9.57 Å². The summed E-state index contributed by atoms with van der Waals surface area (Å²) in [4.78, 5) is 16.4. The molecule has 0 atom stereocenters. The summed E-state index contributed by atoms with van der Waals surface area (Å²) in [5, 5.41) is 3.63. The van der Waals surface area contributed by atoms with Crippen molar-refractivity contribution in [1.29, 1.82) is 0 Å². The van der Waals surface area contributed by atoms with E-state index in [9.17, 15) is 4.79 Å². The van der Waals surface area contributed by atoms with Gasteiger partial charge in [-0.05, 0) is 38.5 Å². The summed E-state index contributed by atoms with van der Waals surface area (Å²) < 4.78 is 5.25. The minimum Gasteiger partial charge on any atom is -0.456 e. The molecule has 0 fully saturated rings. The molecular formula is C13H18N2O3. The quantitative estimate of drug-likeness (QED) is 0.383. The van der Waals surface area contributed by atoms with Crippen LogP contribution in [0.15, 0.2) is 29.4 Å². The van der Waals surface area contributed by atoms with Crippen LogP contribution in [0.5, 0.6) is 0 Å². The maximum Gasteiger partial charge on any atom is 0.338 e. The normalized spacial score (nSPS) is 11.6. The van der Waals surface area contributed by atoms with Gasteiger partial charge >= 0.3 is 5.97 Å². The van der Waals surface area contributed by atoms with Crippen molar-refractivity contribution in [3.05, 3.63) is 35.4 Å². The van der Waals surface area contributed by atoms with E-state index in [1.165, 1.54) is 6.21 Å². The minimum atomic E-state index is -0.494. The Labute approximate surface area is 107 Å². The number of rotatable bonds is 4. The minimum absolute atomic E-state index is 0.0342. The number of hydrogen-bond acceptors (Lipinski definition) is 5. The number of ether oxygens (including phenoxy) is 1. The van der Waals surface area contributed by atoms with E-state index < -0.39 is 5.60 Å². The first-order chi connectivity index (χ1) is 8.42. The molecule has 0 saturated heterocycles. The standard InChI is InChI=1S/C13H18N2O3/c1-13(2,3)18-12(16)11-6-4-10(5-7-11)8-15-17-9-14/h4-8H,9,14H2,1-3H3/b15-8+. The van der Waals surface area contributed by atoms with Gasteiger partial charge in [0.25, 0.3) is 0 Å². The Bertz CT molecular complexity index is 419. The van der Waals surface area contributed by atoms with Crippen molar-refractivity contribution in [3.8, 4) is 0 Å². The lowest BCUT2D eigenvalue weighted by Gasteiger charge is -2.19. The summed E-state index contributed by atoms with van der Waals surface area (Å²) >= 11 is 0. The van der Waals surface area contributed by atoms with Crippen molar-refractivity contribution in [2.24, 2.45) is 10.9 Å². The molecule has 1 aromatic rings. The van der Waals surface area contributed by atoms with Gasteiger partial charge in [0, 0.05) is 0 Å². The van der Waals surface area contributed by atoms with Gasteiger partial charge in [-0.1, -0.05) is 17.3 Å². The van der Waals surface area contributed by atoms with E-state index in [1.54, 1.807) is 24.3 Å². The first kappa shape index (κ1) is 14.2. The summed E-state index contributed by atoms with van der Waals surface area (Å²) in [6, 6.07) is 6.86. The fourth-order valence-corrected chi connectivity index (χ4v) is 1.18. The van der Waals surface area contributed by atoms with Crippen LogP contribution in [-0.4, -0.2) is 24.5 Å². The first-order valence-corrected chi connectivity index (χ1v) is 5.61. The Morgan fingerprint density at radius 2 is 1.94 bits per heavy atom. The molecule has 1 rings (SSSR count). The van der Waals surface area contributed by atoms with Crippen molar-refractivity contribution >= 4 is 12.2 Å². The number of nitrogens with two attached hydrogens (primary N) is 1. The summed E-state index contributed by atoms with van der Waals surface area (Å²) in [7, 11) is 0. The van der Waals surface area contributed by atoms with Gasteiger partial charge in [-0.2, -0.15) is 0 Å². The monoisotopic (exact) mass is 250 g/mol. The smallest absolute Gasteiger partial charge is 0.338 e. The topological polar surface area (TPSA) is 73.9 Å². The molecule has 0 amide bonds. The van der Waals surface area contributed by atoms with Crippen LogP contribution in [0.4, 0.5) is 0 Å². The molecule has 0 saturated carbocycles. The Morgan fingerprint density at radius 3 is 2.44 bits per heavy atom. The molecule has 0 bridgehead atoms. The lowest BCUT2D eigenvalue weighted by molar-refractivity contribution is 0.00695. The van der Waals surface area contributed by atoms with Crippen molar-refractivity contribution < 1.29 is 14.4 Å². The van der Waals surface area contributed by atoms with Crippen molar-refractivity contribution in [2.75, 3.05) is 6.73 Å². The van der Waals surface area contributed by atoms with Gasteiger partial charge in [-0.25, -0.2) is 4.79 Å². The summed E-state index contributed by atoms with van der Waals surface area (Å²) in [5.74, 6) is -0.343. The van der Waals surface area contributed by atoms with Crippen LogP contribution >= 0.6 is 0 Å². The highest BCUT2D eigenvalue weighted by Crippen LogP contribution is 2.12. The van der Waals surface area contributed by atoms with Gasteiger partial charge in [0.1, 0.15) is 5.60 Å². The van der Waals surface area contributed by atoms with Crippen LogP contribution in [0, 0.1) is 0 Å². The largest absolute Gasteiger partial charge is 0.456 e. The van der Waals surface area contributed by atoms with E-state index in [0.717, 1.165) is 5.56 Å². The summed E-state index contributed by atoms with van der Waals surface area (Å²) in [6.45, 7) is 5.52. The SMILES string of the molecule is CC(C)(C)OC(=O)c1ccc(/C=N/OCN)cc1. The lowest BCUT2D eigenvalue weighted by atomic mass is 10.1. The molecule has 5 heteroatoms. The van der Waals surface area contributed by atoms with Gasteiger partial charge in [0.15, 0.2) is 6.73 Å². The van der Waals surface area contributed by atoms with Crippen molar-refractivity contribution in [2.45, 2.75) is 26.4 Å². The number of esters is 1. The third-order valence-corrected chi connectivity index (χ3v) is 1.90. The fraction of sp³-hybridized carbons (Fsp3) is 0.385. The van der Waals surface area contributed by atoms with Crippen LogP contribution in [0.1, 0.15) is 36.7 Å². The van der Waals surface area contributed by atoms with Gasteiger partial charge in [-0.15, -0.1) is 0 Å². The van der Waals surface area contributed by atoms with Crippen LogP contribution in [-0.2, 0) is 9.57 Å². The molecule has 0 aliphatic heterocycles. The summed E-state index contributed by atoms with van der Waals surface area (Å²) in [5.41, 5.74) is 5.94. The molecule has 0 spiro atoms. The molecule has 0 aliphatic rings. The maximum absolute atomic E-state index is 11.7. The molecule has 18 heavy (non-hydrogen) atoms. The first-order valence-electron chi connectivity index (χ1n) is 5.61. The van der Waals surface area contributed by atoms with E-state index >= 15 is 0 Å². The Balaban J connectivity index is 2.68. The fourth-order valence-electron chi connectivity index (χ4n) is 1.18. The average Bonchev–Trinajstić information content (AvgIpc) is 2.28. The van der Waals surface area contributed by atoms with E-state index in [2.05, 4.69) is 9.99 Å². The van der Waals surface area contributed by atoms with Gasteiger partial charge in [0.05, 0.1) is 11.8 Å². The van der Waals surface area contributed by atoms with Gasteiger partial charge in [0.2, 0.25) is 0 Å². The molecular weight excluding hydrogens is 232 g/mol. The van der Waals surface area contributed by atoms with Crippen molar-refractivity contribution in [3.63, 3.8) is 0 Å². The van der Waals surface area contributed by atoms with E-state index in [0.29, 0.717) is 5.56 Å². The molecule has 0 unspecified atom stereocenters. The summed E-state index contributed by atoms with van der Waals surface area (Å²) in [6.07, 6.45) is 1.52. The highest BCUT2D eigenvalue weighted by Gasteiger charge is 2.17. The zero-order valence-corrected chi connectivity index (χ0v) is 10.8. The molecule has 0 aliphatic carbocycles. The number of carbonyl (C=O) groups excluding carboxylic acids is 1. The van der Waals surface area contributed by atoms with E-state index in [1.807, 2.05) is 20.8 Å². The zero-order chi connectivity index (χ0) is 13.6. The number of oxime groups is 1. The molecule has 5 nitrogen and oxygen atoms in total. The number of nitrogens with zero attached hydrogens (tertiary/aromatic N) is 1. The van der Waals surface area contributed by atoms with Crippen LogP contribution < -0.4 is 5.73 Å². The molecule has 2 N–H and O–H groups in total. The number of benzene rings is 1. The van der Waals surface area contributed by atoms with Crippen LogP contribution in [0.3, 0.4) is 0 Å². The third-order valence-electron chi connectivity index (χ3n) is 1.90. The van der Waals surface area contributed by atoms with Crippen LogP contribution in [0.2, 0.25) is 0 Å². The Morgan fingerprint density at radius 1 is 1.33 bits per heavy atom. The molecule has 1 aromatic carbocycles. The van der Waals surface area contributed by atoms with Crippen molar-refractivity contribution in [1.82, 2.24) is 0 Å². The van der Waals surface area contributed by atoms with Gasteiger partial charge in [-0.3, -0.25) is 5.73 Å². The number of carbonyl (C=O) groups is 1. The van der Waals surface area contributed by atoms with Crippen LogP contribution in [0.25, 0.3) is 0 Å². The third kappa shape index (κ3) is 4.97. The average molecular weight is 250 g/mol. The van der Waals surface area contributed by atoms with E-state index in [4.69, 9.17) is 10.5 Å².